The second-order valence-electron chi connectivity index (χ2n) is 4.55. The Hall–Kier alpha value is -1.91. The summed E-state index contributed by atoms with van der Waals surface area (Å²) in [4.78, 5) is 29.5. The normalized spacial score (nSPS) is 22.9. The van der Waals surface area contributed by atoms with Crippen molar-refractivity contribution in [1.82, 2.24) is 9.88 Å². The number of carbonyl (C=O) groups excluding carboxylic acids is 2. The molecule has 1 saturated heterocycles. The van der Waals surface area contributed by atoms with Gasteiger partial charge in [0, 0.05) is 12.7 Å². The van der Waals surface area contributed by atoms with Gasteiger partial charge in [-0.05, 0) is 24.5 Å². The average Bonchev–Trinajstić information content (AvgIpc) is 2.80. The molecule has 0 radical (unpaired) electrons. The number of likely N-dealkylation sites (tertiary alicyclic amines) is 1. The zero-order valence-electron chi connectivity index (χ0n) is 10.5. The first-order valence-electron chi connectivity index (χ1n) is 5.93. The summed E-state index contributed by atoms with van der Waals surface area (Å²) in [5.74, 6) is -0.277. The summed E-state index contributed by atoms with van der Waals surface area (Å²) >= 11 is 0. The molecular weight excluding hydrogens is 232 g/mol. The molecule has 5 nitrogen and oxygen atoms in total. The Morgan fingerprint density at radius 1 is 1.44 bits per heavy atom. The average molecular weight is 248 g/mol. The summed E-state index contributed by atoms with van der Waals surface area (Å²) in [7, 11) is 1.34. The second kappa shape index (κ2) is 5.16. The fourth-order valence-corrected chi connectivity index (χ4v) is 2.27. The molecule has 18 heavy (non-hydrogen) atoms. The maximum absolute atomic E-state index is 12.3. The first kappa shape index (κ1) is 12.5. The van der Waals surface area contributed by atoms with E-state index in [0.29, 0.717) is 24.6 Å². The van der Waals surface area contributed by atoms with E-state index in [0.717, 1.165) is 0 Å². The first-order valence-corrected chi connectivity index (χ1v) is 5.93. The number of carbonyl (C=O) groups is 2. The lowest BCUT2D eigenvalue weighted by Crippen LogP contribution is -2.41. The van der Waals surface area contributed by atoms with Crippen LogP contribution in [0.2, 0.25) is 0 Å². The van der Waals surface area contributed by atoms with Crippen LogP contribution in [0, 0.1) is 5.92 Å². The lowest BCUT2D eigenvalue weighted by atomic mass is 10.1. The molecule has 1 aromatic rings. The van der Waals surface area contributed by atoms with Gasteiger partial charge in [-0.2, -0.15) is 0 Å². The predicted octanol–water partition coefficient (Wildman–Crippen LogP) is 1.11. The maximum atomic E-state index is 12.3. The van der Waals surface area contributed by atoms with Crippen LogP contribution in [0.3, 0.4) is 0 Å². The number of esters is 1. The number of pyridine rings is 1. The van der Waals surface area contributed by atoms with Crippen LogP contribution in [-0.4, -0.2) is 41.5 Å². The number of methoxy groups -OCH3 is 1. The molecule has 0 aliphatic carbocycles. The van der Waals surface area contributed by atoms with Gasteiger partial charge in [0.2, 0.25) is 0 Å². The van der Waals surface area contributed by atoms with Crippen molar-refractivity contribution >= 4 is 11.9 Å². The van der Waals surface area contributed by atoms with Crippen molar-refractivity contribution in [3.05, 3.63) is 30.1 Å². The SMILES string of the molecule is COC(=O)[C@@H]1CC(C)CN1C(=O)c1ccccn1. The fraction of sp³-hybridized carbons (Fsp3) is 0.462. The van der Waals surface area contributed by atoms with E-state index in [-0.39, 0.29) is 11.9 Å². The van der Waals surface area contributed by atoms with Crippen molar-refractivity contribution in [2.45, 2.75) is 19.4 Å². The van der Waals surface area contributed by atoms with Crippen LogP contribution >= 0.6 is 0 Å². The molecule has 2 heterocycles. The molecule has 0 spiro atoms. The summed E-state index contributed by atoms with van der Waals surface area (Å²) in [6, 6.07) is 4.67. The largest absolute Gasteiger partial charge is 0.467 e. The minimum Gasteiger partial charge on any atom is -0.467 e. The third-order valence-electron chi connectivity index (χ3n) is 3.13. The molecule has 0 bridgehead atoms. The number of nitrogens with zero attached hydrogens (tertiary/aromatic N) is 2. The predicted molar refractivity (Wildman–Crippen MR) is 64.9 cm³/mol. The summed E-state index contributed by atoms with van der Waals surface area (Å²) in [5.41, 5.74) is 0.362. The highest BCUT2D eigenvalue weighted by Crippen LogP contribution is 2.25. The Morgan fingerprint density at radius 3 is 2.83 bits per heavy atom. The van der Waals surface area contributed by atoms with E-state index in [1.54, 1.807) is 29.3 Å². The molecule has 1 fully saturated rings. The van der Waals surface area contributed by atoms with E-state index < -0.39 is 6.04 Å². The molecular formula is C13H16N2O3. The molecule has 2 atom stereocenters. The molecule has 0 aromatic carbocycles. The van der Waals surface area contributed by atoms with Gasteiger partial charge in [-0.25, -0.2) is 4.79 Å². The van der Waals surface area contributed by atoms with Crippen molar-refractivity contribution < 1.29 is 14.3 Å². The standard InChI is InChI=1S/C13H16N2O3/c1-9-7-11(13(17)18-2)15(8-9)12(16)10-5-3-4-6-14-10/h3-6,9,11H,7-8H2,1-2H3/t9?,11-/m0/s1. The summed E-state index contributed by atoms with van der Waals surface area (Å²) in [6.07, 6.45) is 2.21. The minimum absolute atomic E-state index is 0.213. The van der Waals surface area contributed by atoms with Crippen LogP contribution in [0.4, 0.5) is 0 Å². The van der Waals surface area contributed by atoms with Crippen molar-refractivity contribution in [3.63, 3.8) is 0 Å². The molecule has 0 saturated carbocycles. The molecule has 1 aliphatic heterocycles. The molecule has 1 aliphatic rings. The smallest absolute Gasteiger partial charge is 0.328 e. The van der Waals surface area contributed by atoms with Gasteiger partial charge in [-0.3, -0.25) is 9.78 Å². The number of ether oxygens (including phenoxy) is 1. The van der Waals surface area contributed by atoms with Crippen LogP contribution in [0.1, 0.15) is 23.8 Å². The van der Waals surface area contributed by atoms with Crippen molar-refractivity contribution in [1.29, 1.82) is 0 Å². The molecule has 0 N–H and O–H groups in total. The van der Waals surface area contributed by atoms with Gasteiger partial charge < -0.3 is 9.64 Å². The number of rotatable bonds is 2. The van der Waals surface area contributed by atoms with Crippen LogP contribution in [0.5, 0.6) is 0 Å². The Balaban J connectivity index is 2.21. The van der Waals surface area contributed by atoms with E-state index in [4.69, 9.17) is 4.74 Å². The Bertz CT molecular complexity index is 447. The molecule has 5 heteroatoms. The van der Waals surface area contributed by atoms with E-state index in [2.05, 4.69) is 4.98 Å². The lowest BCUT2D eigenvalue weighted by Gasteiger charge is -2.22. The monoisotopic (exact) mass is 248 g/mol. The van der Waals surface area contributed by atoms with Gasteiger partial charge in [0.05, 0.1) is 7.11 Å². The van der Waals surface area contributed by atoms with E-state index in [1.807, 2.05) is 6.92 Å². The van der Waals surface area contributed by atoms with E-state index >= 15 is 0 Å². The molecule has 96 valence electrons. The van der Waals surface area contributed by atoms with Gasteiger partial charge in [-0.15, -0.1) is 0 Å². The summed E-state index contributed by atoms with van der Waals surface area (Å²) < 4.78 is 4.75. The number of aromatic nitrogens is 1. The first-order chi connectivity index (χ1) is 8.63. The topological polar surface area (TPSA) is 59.5 Å². The third-order valence-corrected chi connectivity index (χ3v) is 3.13. The Kier molecular flexibility index (Phi) is 3.60. The zero-order valence-corrected chi connectivity index (χ0v) is 10.5. The van der Waals surface area contributed by atoms with Crippen LogP contribution in [0.15, 0.2) is 24.4 Å². The van der Waals surface area contributed by atoms with Crippen molar-refractivity contribution in [3.8, 4) is 0 Å². The highest BCUT2D eigenvalue weighted by atomic mass is 16.5. The number of hydrogen-bond donors (Lipinski definition) is 0. The van der Waals surface area contributed by atoms with Gasteiger partial charge in [0.1, 0.15) is 11.7 Å². The van der Waals surface area contributed by atoms with Crippen LogP contribution in [0.25, 0.3) is 0 Å². The highest BCUT2D eigenvalue weighted by molar-refractivity contribution is 5.95. The third kappa shape index (κ3) is 2.34. The molecule has 1 unspecified atom stereocenters. The lowest BCUT2D eigenvalue weighted by molar-refractivity contribution is -0.145. The molecule has 1 aromatic heterocycles. The maximum Gasteiger partial charge on any atom is 0.328 e. The van der Waals surface area contributed by atoms with Crippen LogP contribution < -0.4 is 0 Å². The second-order valence-corrected chi connectivity index (χ2v) is 4.55. The quantitative estimate of drug-likeness (QED) is 0.735. The van der Waals surface area contributed by atoms with Crippen LogP contribution in [-0.2, 0) is 9.53 Å². The fourth-order valence-electron chi connectivity index (χ4n) is 2.27. The summed E-state index contributed by atoms with van der Waals surface area (Å²) in [5, 5.41) is 0. The van der Waals surface area contributed by atoms with Crippen molar-refractivity contribution in [2.24, 2.45) is 5.92 Å². The summed E-state index contributed by atoms with van der Waals surface area (Å²) in [6.45, 7) is 2.58. The van der Waals surface area contributed by atoms with Gasteiger partial charge in [0.15, 0.2) is 0 Å². The highest BCUT2D eigenvalue weighted by Gasteiger charge is 2.39. The zero-order chi connectivity index (χ0) is 13.1. The number of amides is 1. The van der Waals surface area contributed by atoms with Gasteiger partial charge in [-0.1, -0.05) is 13.0 Å². The van der Waals surface area contributed by atoms with Gasteiger partial charge in [0.25, 0.3) is 5.91 Å². The Labute approximate surface area is 106 Å². The van der Waals surface area contributed by atoms with E-state index in [9.17, 15) is 9.59 Å². The van der Waals surface area contributed by atoms with Gasteiger partial charge >= 0.3 is 5.97 Å². The molecule has 1 amide bonds. The van der Waals surface area contributed by atoms with Crippen molar-refractivity contribution in [2.75, 3.05) is 13.7 Å². The number of hydrogen-bond acceptors (Lipinski definition) is 4. The Morgan fingerprint density at radius 2 is 2.22 bits per heavy atom. The molecule has 2 rings (SSSR count). The van der Waals surface area contributed by atoms with E-state index in [1.165, 1.54) is 7.11 Å². The minimum atomic E-state index is -0.487.